The number of carboxylic acids is 1. The highest BCUT2D eigenvalue weighted by molar-refractivity contribution is 5.84. The summed E-state index contributed by atoms with van der Waals surface area (Å²) in [5.41, 5.74) is 6.83. The van der Waals surface area contributed by atoms with Crippen molar-refractivity contribution in [3.8, 4) is 0 Å². The molecule has 1 rings (SSSR count). The number of hydrogen-bond donors (Lipinski definition) is 4. The zero-order chi connectivity index (χ0) is 21.8. The minimum Gasteiger partial charge on any atom is -0.480 e. The number of amides is 2. The van der Waals surface area contributed by atoms with Gasteiger partial charge in [0.15, 0.2) is 0 Å². The molecule has 0 unspecified atom stereocenters. The molecular formula is C20H29N3O6. The lowest BCUT2D eigenvalue weighted by atomic mass is 9.99. The SMILES string of the molecule is COC(=O)[C@H](Cc1cccc(C[C@H](NC(C)=O)C(=O)O)c1)NC(=O)CCCCN. The van der Waals surface area contributed by atoms with Gasteiger partial charge in [-0.3, -0.25) is 9.59 Å². The van der Waals surface area contributed by atoms with E-state index in [1.54, 1.807) is 24.3 Å². The highest BCUT2D eigenvalue weighted by Crippen LogP contribution is 2.12. The molecule has 1 aromatic carbocycles. The largest absolute Gasteiger partial charge is 0.480 e. The van der Waals surface area contributed by atoms with E-state index in [0.29, 0.717) is 18.5 Å². The number of esters is 1. The van der Waals surface area contributed by atoms with Crippen LogP contribution in [0, 0.1) is 0 Å². The molecule has 2 atom stereocenters. The van der Waals surface area contributed by atoms with Gasteiger partial charge in [-0.15, -0.1) is 0 Å². The van der Waals surface area contributed by atoms with E-state index in [9.17, 15) is 24.3 Å². The van der Waals surface area contributed by atoms with E-state index in [-0.39, 0.29) is 25.2 Å². The van der Waals surface area contributed by atoms with Gasteiger partial charge in [-0.2, -0.15) is 0 Å². The number of aliphatic carboxylic acids is 1. The Balaban J connectivity index is 2.85. The van der Waals surface area contributed by atoms with Crippen molar-refractivity contribution in [3.05, 3.63) is 35.4 Å². The van der Waals surface area contributed by atoms with E-state index in [2.05, 4.69) is 10.6 Å². The third kappa shape index (κ3) is 9.20. The van der Waals surface area contributed by atoms with Gasteiger partial charge in [0.05, 0.1) is 7.11 Å². The van der Waals surface area contributed by atoms with Crippen molar-refractivity contribution in [2.45, 2.75) is 51.1 Å². The Labute approximate surface area is 170 Å². The molecule has 5 N–H and O–H groups in total. The van der Waals surface area contributed by atoms with E-state index in [1.165, 1.54) is 14.0 Å². The number of hydrogen-bond acceptors (Lipinski definition) is 6. The Kier molecular flexibility index (Phi) is 10.4. The summed E-state index contributed by atoms with van der Waals surface area (Å²) in [6.07, 6.45) is 1.91. The van der Waals surface area contributed by atoms with Crippen LogP contribution in [0.5, 0.6) is 0 Å². The second kappa shape index (κ2) is 12.5. The lowest BCUT2D eigenvalue weighted by Crippen LogP contribution is -2.43. The summed E-state index contributed by atoms with van der Waals surface area (Å²) in [6.45, 7) is 1.75. The van der Waals surface area contributed by atoms with Crippen molar-refractivity contribution in [1.29, 1.82) is 0 Å². The van der Waals surface area contributed by atoms with Crippen molar-refractivity contribution in [1.82, 2.24) is 10.6 Å². The Morgan fingerprint density at radius 1 is 1.07 bits per heavy atom. The number of nitrogens with one attached hydrogen (secondary N) is 2. The first-order valence-electron chi connectivity index (χ1n) is 9.41. The Morgan fingerprint density at radius 3 is 2.21 bits per heavy atom. The molecule has 0 aliphatic carbocycles. The van der Waals surface area contributed by atoms with Crippen molar-refractivity contribution in [2.24, 2.45) is 5.73 Å². The number of ether oxygens (including phenoxy) is 1. The average Bonchev–Trinajstić information content (AvgIpc) is 2.66. The minimum absolute atomic E-state index is 0.0943. The molecular weight excluding hydrogens is 378 g/mol. The topological polar surface area (TPSA) is 148 Å². The fourth-order valence-corrected chi connectivity index (χ4v) is 2.83. The molecule has 0 aliphatic heterocycles. The van der Waals surface area contributed by atoms with E-state index >= 15 is 0 Å². The van der Waals surface area contributed by atoms with Crippen LogP contribution in [0.15, 0.2) is 24.3 Å². The second-order valence-electron chi connectivity index (χ2n) is 6.71. The van der Waals surface area contributed by atoms with Crippen LogP contribution in [0.3, 0.4) is 0 Å². The zero-order valence-electron chi connectivity index (χ0n) is 16.8. The van der Waals surface area contributed by atoms with Crippen LogP contribution in [0.2, 0.25) is 0 Å². The summed E-state index contributed by atoms with van der Waals surface area (Å²) in [7, 11) is 1.25. The molecule has 0 aromatic heterocycles. The van der Waals surface area contributed by atoms with Crippen LogP contribution in [-0.4, -0.2) is 54.6 Å². The van der Waals surface area contributed by atoms with Gasteiger partial charge in [-0.1, -0.05) is 24.3 Å². The maximum Gasteiger partial charge on any atom is 0.328 e. The summed E-state index contributed by atoms with van der Waals surface area (Å²) in [5.74, 6) is -2.40. The molecule has 0 aliphatic rings. The first-order valence-corrected chi connectivity index (χ1v) is 9.41. The molecule has 0 saturated carbocycles. The molecule has 0 heterocycles. The summed E-state index contributed by atoms with van der Waals surface area (Å²) in [5, 5.41) is 14.3. The van der Waals surface area contributed by atoms with Crippen molar-refractivity contribution < 1.29 is 29.0 Å². The molecule has 29 heavy (non-hydrogen) atoms. The number of methoxy groups -OCH3 is 1. The molecule has 9 heteroatoms. The van der Waals surface area contributed by atoms with E-state index < -0.39 is 29.9 Å². The molecule has 0 fully saturated rings. The number of carboxylic acid groups (broad SMARTS) is 1. The lowest BCUT2D eigenvalue weighted by molar-refractivity contribution is -0.145. The van der Waals surface area contributed by atoms with Gasteiger partial charge in [-0.05, 0) is 30.5 Å². The van der Waals surface area contributed by atoms with Gasteiger partial charge in [0.25, 0.3) is 0 Å². The first-order chi connectivity index (χ1) is 13.8. The van der Waals surface area contributed by atoms with Gasteiger partial charge in [-0.25, -0.2) is 9.59 Å². The number of nitrogens with two attached hydrogens (primary N) is 1. The highest BCUT2D eigenvalue weighted by Gasteiger charge is 2.23. The van der Waals surface area contributed by atoms with Crippen LogP contribution in [0.1, 0.15) is 37.3 Å². The zero-order valence-corrected chi connectivity index (χ0v) is 16.8. The number of unbranched alkanes of at least 4 members (excludes halogenated alkanes) is 1. The molecule has 1 aromatic rings. The Morgan fingerprint density at radius 2 is 1.69 bits per heavy atom. The van der Waals surface area contributed by atoms with Gasteiger partial charge < -0.3 is 26.2 Å². The van der Waals surface area contributed by atoms with Crippen molar-refractivity contribution in [3.63, 3.8) is 0 Å². The van der Waals surface area contributed by atoms with E-state index in [0.717, 1.165) is 12.0 Å². The van der Waals surface area contributed by atoms with Crippen LogP contribution < -0.4 is 16.4 Å². The summed E-state index contributed by atoms with van der Waals surface area (Å²) in [6, 6.07) is 5.07. The highest BCUT2D eigenvalue weighted by atomic mass is 16.5. The molecule has 9 nitrogen and oxygen atoms in total. The van der Waals surface area contributed by atoms with Gasteiger partial charge in [0, 0.05) is 26.2 Å². The predicted molar refractivity (Wildman–Crippen MR) is 106 cm³/mol. The Hall–Kier alpha value is -2.94. The third-order valence-electron chi connectivity index (χ3n) is 4.23. The average molecular weight is 407 g/mol. The van der Waals surface area contributed by atoms with Crippen LogP contribution in [-0.2, 0) is 36.8 Å². The monoisotopic (exact) mass is 407 g/mol. The smallest absolute Gasteiger partial charge is 0.328 e. The first kappa shape index (κ1) is 24.1. The fraction of sp³-hybridized carbons (Fsp3) is 0.500. The lowest BCUT2D eigenvalue weighted by Gasteiger charge is -2.18. The van der Waals surface area contributed by atoms with Gasteiger partial charge in [0.1, 0.15) is 12.1 Å². The maximum absolute atomic E-state index is 12.1. The number of benzene rings is 1. The van der Waals surface area contributed by atoms with Crippen LogP contribution in [0.25, 0.3) is 0 Å². The molecule has 0 radical (unpaired) electrons. The second-order valence-corrected chi connectivity index (χ2v) is 6.71. The number of rotatable bonds is 12. The predicted octanol–water partition coefficient (Wildman–Crippen LogP) is 0.148. The molecule has 0 spiro atoms. The van der Waals surface area contributed by atoms with Crippen LogP contribution in [0.4, 0.5) is 0 Å². The van der Waals surface area contributed by atoms with E-state index in [4.69, 9.17) is 10.5 Å². The minimum atomic E-state index is -1.14. The molecule has 0 saturated heterocycles. The molecule has 2 amide bonds. The number of carbonyl (C=O) groups excluding carboxylic acids is 3. The molecule has 160 valence electrons. The van der Waals surface area contributed by atoms with Crippen molar-refractivity contribution >= 4 is 23.8 Å². The summed E-state index contributed by atoms with van der Waals surface area (Å²) in [4.78, 5) is 46.7. The quantitative estimate of drug-likeness (QED) is 0.285. The summed E-state index contributed by atoms with van der Waals surface area (Å²) >= 11 is 0. The van der Waals surface area contributed by atoms with Gasteiger partial charge in [0.2, 0.25) is 11.8 Å². The summed E-state index contributed by atoms with van der Waals surface area (Å²) < 4.78 is 4.78. The standard InChI is InChI=1S/C20H29N3O6/c1-13(24)22-16(19(26)27)11-14-6-5-7-15(10-14)12-17(20(28)29-2)23-18(25)8-3-4-9-21/h5-7,10,16-17H,3-4,8-9,11-12,21H2,1-2H3,(H,22,24)(H,23,25)(H,26,27)/t16-,17-/m0/s1. The fourth-order valence-electron chi connectivity index (χ4n) is 2.83. The van der Waals surface area contributed by atoms with Gasteiger partial charge >= 0.3 is 11.9 Å². The third-order valence-corrected chi connectivity index (χ3v) is 4.23. The normalized spacial score (nSPS) is 12.5. The van der Waals surface area contributed by atoms with Crippen LogP contribution >= 0.6 is 0 Å². The maximum atomic E-state index is 12.1. The van der Waals surface area contributed by atoms with E-state index in [1.807, 2.05) is 0 Å². The Bertz CT molecular complexity index is 722. The molecule has 0 bridgehead atoms. The number of carbonyl (C=O) groups is 4. The van der Waals surface area contributed by atoms with Crippen molar-refractivity contribution in [2.75, 3.05) is 13.7 Å².